The summed E-state index contributed by atoms with van der Waals surface area (Å²) in [5.74, 6) is 0.403. The van der Waals surface area contributed by atoms with Crippen LogP contribution < -0.4 is 10.2 Å². The Balaban J connectivity index is 1.78. The average molecular weight is 386 g/mol. The van der Waals surface area contributed by atoms with Crippen LogP contribution in [0, 0.1) is 6.92 Å². The van der Waals surface area contributed by atoms with E-state index in [2.05, 4.69) is 64.7 Å². The molecule has 0 aliphatic carbocycles. The maximum Gasteiger partial charge on any atom is 0.251 e. The third-order valence-electron chi connectivity index (χ3n) is 4.82. The van der Waals surface area contributed by atoms with Crippen molar-refractivity contribution in [2.24, 2.45) is 0 Å². The number of rotatable bonds is 6. The zero-order chi connectivity index (χ0) is 20.2. The Bertz CT molecular complexity index is 1040. The second kappa shape index (κ2) is 8.10. The molecule has 2 aromatic carbocycles. The molecule has 0 spiro atoms. The van der Waals surface area contributed by atoms with Gasteiger partial charge in [0.05, 0.1) is 5.70 Å². The van der Waals surface area contributed by atoms with Crippen LogP contribution in [0.3, 0.4) is 0 Å². The molecule has 146 valence electrons. The number of tetrazole rings is 1. The number of amides is 1. The van der Waals surface area contributed by atoms with Gasteiger partial charge in [-0.15, -0.1) is 6.58 Å². The van der Waals surface area contributed by atoms with Crippen LogP contribution in [0.1, 0.15) is 22.7 Å². The number of anilines is 1. The van der Waals surface area contributed by atoms with Gasteiger partial charge in [0.15, 0.2) is 0 Å². The van der Waals surface area contributed by atoms with Crippen molar-refractivity contribution >= 4 is 17.6 Å². The Hall–Kier alpha value is -3.74. The maximum absolute atomic E-state index is 12.5. The second-order valence-corrected chi connectivity index (χ2v) is 6.88. The summed E-state index contributed by atoms with van der Waals surface area (Å²) in [6.07, 6.45) is 3.75. The SMILES string of the molecule is C=CCNC(=O)CN1C(c2ccccc2)=C[C@H](c2ccc(C)cc2)n2nnnc21. The van der Waals surface area contributed by atoms with E-state index < -0.39 is 0 Å². The van der Waals surface area contributed by atoms with Crippen molar-refractivity contribution in [1.29, 1.82) is 0 Å². The van der Waals surface area contributed by atoms with Crippen LogP contribution in [0.25, 0.3) is 5.70 Å². The van der Waals surface area contributed by atoms with E-state index in [0.29, 0.717) is 12.5 Å². The molecule has 2 heterocycles. The number of hydrogen-bond acceptors (Lipinski definition) is 5. The molecule has 1 aromatic heterocycles. The predicted octanol–water partition coefficient (Wildman–Crippen LogP) is 2.73. The number of nitrogens with zero attached hydrogens (tertiary/aromatic N) is 5. The van der Waals surface area contributed by atoms with Crippen LogP contribution in [-0.2, 0) is 4.79 Å². The van der Waals surface area contributed by atoms with E-state index >= 15 is 0 Å². The van der Waals surface area contributed by atoms with E-state index in [0.717, 1.165) is 16.8 Å². The van der Waals surface area contributed by atoms with Gasteiger partial charge >= 0.3 is 0 Å². The molecule has 0 saturated carbocycles. The summed E-state index contributed by atoms with van der Waals surface area (Å²) in [4.78, 5) is 14.3. The van der Waals surface area contributed by atoms with Gasteiger partial charge < -0.3 is 5.32 Å². The van der Waals surface area contributed by atoms with E-state index in [1.54, 1.807) is 10.8 Å². The van der Waals surface area contributed by atoms with Gasteiger partial charge in [0.25, 0.3) is 5.95 Å². The minimum atomic E-state index is -0.164. The van der Waals surface area contributed by atoms with Crippen molar-refractivity contribution in [2.75, 3.05) is 18.0 Å². The highest BCUT2D eigenvalue weighted by Crippen LogP contribution is 2.35. The number of aromatic nitrogens is 4. The van der Waals surface area contributed by atoms with E-state index in [1.807, 2.05) is 35.2 Å². The average Bonchev–Trinajstić information content (AvgIpc) is 3.24. The molecule has 0 unspecified atom stereocenters. The number of aryl methyl sites for hydroxylation is 1. The van der Waals surface area contributed by atoms with E-state index in [1.165, 1.54) is 5.56 Å². The zero-order valence-corrected chi connectivity index (χ0v) is 16.2. The largest absolute Gasteiger partial charge is 0.351 e. The molecule has 29 heavy (non-hydrogen) atoms. The fraction of sp³-hybridized carbons (Fsp3) is 0.182. The first-order valence-corrected chi connectivity index (χ1v) is 9.44. The lowest BCUT2D eigenvalue weighted by atomic mass is 10.00. The quantitative estimate of drug-likeness (QED) is 0.659. The minimum absolute atomic E-state index is 0.107. The van der Waals surface area contributed by atoms with Gasteiger partial charge in [-0.3, -0.25) is 9.69 Å². The number of allylic oxidation sites excluding steroid dienone is 1. The fourth-order valence-electron chi connectivity index (χ4n) is 3.37. The zero-order valence-electron chi connectivity index (χ0n) is 16.2. The monoisotopic (exact) mass is 386 g/mol. The highest BCUT2D eigenvalue weighted by atomic mass is 16.2. The predicted molar refractivity (Wildman–Crippen MR) is 112 cm³/mol. The lowest BCUT2D eigenvalue weighted by Crippen LogP contribution is -2.40. The molecule has 1 aliphatic heterocycles. The summed E-state index contributed by atoms with van der Waals surface area (Å²) >= 11 is 0. The Kier molecular flexibility index (Phi) is 5.20. The van der Waals surface area contributed by atoms with Crippen LogP contribution in [0.4, 0.5) is 5.95 Å². The lowest BCUT2D eigenvalue weighted by molar-refractivity contribution is -0.119. The van der Waals surface area contributed by atoms with Crippen molar-refractivity contribution in [1.82, 2.24) is 25.5 Å². The first-order chi connectivity index (χ1) is 14.2. The summed E-state index contributed by atoms with van der Waals surface area (Å²) in [6.45, 7) is 6.22. The summed E-state index contributed by atoms with van der Waals surface area (Å²) in [7, 11) is 0. The van der Waals surface area contributed by atoms with Crippen LogP contribution in [0.2, 0.25) is 0 Å². The van der Waals surface area contributed by atoms with Crippen molar-refractivity contribution in [3.05, 3.63) is 90.0 Å². The van der Waals surface area contributed by atoms with Gasteiger partial charge in [-0.2, -0.15) is 4.68 Å². The summed E-state index contributed by atoms with van der Waals surface area (Å²) in [6, 6.07) is 18.1. The summed E-state index contributed by atoms with van der Waals surface area (Å²) in [5, 5.41) is 15.1. The van der Waals surface area contributed by atoms with Crippen LogP contribution in [0.5, 0.6) is 0 Å². The van der Waals surface area contributed by atoms with Crippen molar-refractivity contribution in [2.45, 2.75) is 13.0 Å². The molecule has 1 atom stereocenters. The normalized spacial score (nSPS) is 15.4. The highest BCUT2D eigenvalue weighted by Gasteiger charge is 2.31. The minimum Gasteiger partial charge on any atom is -0.351 e. The first-order valence-electron chi connectivity index (χ1n) is 9.44. The maximum atomic E-state index is 12.5. The van der Waals surface area contributed by atoms with Crippen LogP contribution in [-0.4, -0.2) is 39.2 Å². The molecule has 4 rings (SSSR count). The molecule has 0 bridgehead atoms. The summed E-state index contributed by atoms with van der Waals surface area (Å²) in [5.41, 5.74) is 4.16. The molecular weight excluding hydrogens is 364 g/mol. The lowest BCUT2D eigenvalue weighted by Gasteiger charge is -2.32. The number of nitrogens with one attached hydrogen (secondary N) is 1. The Morgan fingerprint density at radius 3 is 2.66 bits per heavy atom. The molecule has 0 saturated heterocycles. The molecule has 3 aromatic rings. The third-order valence-corrected chi connectivity index (χ3v) is 4.82. The molecule has 1 aliphatic rings. The topological polar surface area (TPSA) is 75.9 Å². The Labute approximate surface area is 169 Å². The van der Waals surface area contributed by atoms with Gasteiger partial charge in [0, 0.05) is 6.54 Å². The first kappa shape index (κ1) is 18.6. The summed E-state index contributed by atoms with van der Waals surface area (Å²) < 4.78 is 1.75. The van der Waals surface area contributed by atoms with Gasteiger partial charge in [-0.05, 0) is 34.6 Å². The van der Waals surface area contributed by atoms with Crippen LogP contribution in [0.15, 0.2) is 73.3 Å². The van der Waals surface area contributed by atoms with E-state index in [-0.39, 0.29) is 18.5 Å². The smallest absolute Gasteiger partial charge is 0.251 e. The van der Waals surface area contributed by atoms with E-state index in [4.69, 9.17) is 0 Å². The molecule has 1 amide bonds. The number of hydrogen-bond donors (Lipinski definition) is 1. The van der Waals surface area contributed by atoms with Crippen LogP contribution >= 0.6 is 0 Å². The van der Waals surface area contributed by atoms with Gasteiger partial charge in [0.2, 0.25) is 5.91 Å². The van der Waals surface area contributed by atoms with Gasteiger partial charge in [-0.1, -0.05) is 71.3 Å². The number of benzene rings is 2. The number of fused-ring (bicyclic) bond motifs is 1. The fourth-order valence-corrected chi connectivity index (χ4v) is 3.37. The third kappa shape index (κ3) is 3.80. The Morgan fingerprint density at radius 1 is 1.17 bits per heavy atom. The standard InChI is InChI=1S/C22H22N6O/c1-3-13-23-21(29)15-27-19(17-7-5-4-6-8-17)14-20(28-22(27)24-25-26-28)18-11-9-16(2)10-12-18/h3-12,14,20H,1,13,15H2,2H3,(H,23,29)/t20-/m1/s1. The van der Waals surface area contributed by atoms with Crippen molar-refractivity contribution in [3.8, 4) is 0 Å². The van der Waals surface area contributed by atoms with Gasteiger partial charge in [-0.25, -0.2) is 0 Å². The number of carbonyl (C=O) groups is 1. The molecule has 1 N–H and O–H groups in total. The van der Waals surface area contributed by atoms with Crippen molar-refractivity contribution < 1.29 is 4.79 Å². The molecular formula is C22H22N6O. The van der Waals surface area contributed by atoms with Gasteiger partial charge in [0.1, 0.15) is 12.6 Å². The molecule has 7 heteroatoms. The molecule has 0 radical (unpaired) electrons. The second-order valence-electron chi connectivity index (χ2n) is 6.88. The number of carbonyl (C=O) groups excluding carboxylic acids is 1. The highest BCUT2D eigenvalue weighted by molar-refractivity contribution is 5.89. The Morgan fingerprint density at radius 2 is 1.93 bits per heavy atom. The molecule has 7 nitrogen and oxygen atoms in total. The van der Waals surface area contributed by atoms with E-state index in [9.17, 15) is 4.79 Å². The molecule has 0 fully saturated rings. The van der Waals surface area contributed by atoms with Crippen molar-refractivity contribution in [3.63, 3.8) is 0 Å².